The van der Waals surface area contributed by atoms with Crippen molar-refractivity contribution in [3.05, 3.63) is 29.8 Å². The normalized spacial score (nSPS) is 12.1. The predicted octanol–water partition coefficient (Wildman–Crippen LogP) is 1.21. The molecule has 0 saturated heterocycles. The standard InChI is InChI=1S/C9H11ClN2O2/c10-12-7-3-1-2-6(4-7)5-8(11)9(13)14/h1-4,8,12H,5,11H2,(H,13,14). The molecule has 0 heterocycles. The molecule has 0 aliphatic rings. The average molecular weight is 215 g/mol. The van der Waals surface area contributed by atoms with Crippen molar-refractivity contribution in [2.24, 2.45) is 5.73 Å². The molecular formula is C9H11ClN2O2. The van der Waals surface area contributed by atoms with Gasteiger partial charge in [-0.25, -0.2) is 0 Å². The number of anilines is 1. The third kappa shape index (κ3) is 2.90. The number of nitrogens with one attached hydrogen (secondary N) is 1. The summed E-state index contributed by atoms with van der Waals surface area (Å²) in [6, 6.07) is 6.26. The summed E-state index contributed by atoms with van der Waals surface area (Å²) in [5.74, 6) is -1.01. The smallest absolute Gasteiger partial charge is 0.320 e. The lowest BCUT2D eigenvalue weighted by Gasteiger charge is -2.07. The van der Waals surface area contributed by atoms with Crippen LogP contribution in [-0.2, 0) is 11.2 Å². The average Bonchev–Trinajstić information content (AvgIpc) is 2.18. The van der Waals surface area contributed by atoms with Gasteiger partial charge in [0, 0.05) is 17.5 Å². The second-order valence-corrected chi connectivity index (χ2v) is 3.13. The number of aliphatic carboxylic acids is 1. The number of rotatable bonds is 4. The molecular weight excluding hydrogens is 204 g/mol. The summed E-state index contributed by atoms with van der Waals surface area (Å²) in [5, 5.41) is 8.60. The Balaban J connectivity index is 2.71. The molecule has 76 valence electrons. The number of carbonyl (C=O) groups is 1. The highest BCUT2D eigenvalue weighted by atomic mass is 35.5. The van der Waals surface area contributed by atoms with E-state index < -0.39 is 12.0 Å². The first-order chi connectivity index (χ1) is 6.63. The first-order valence-electron chi connectivity index (χ1n) is 4.07. The number of hydrogen-bond donors (Lipinski definition) is 3. The topological polar surface area (TPSA) is 75.3 Å². The molecule has 1 rings (SSSR count). The van der Waals surface area contributed by atoms with Gasteiger partial charge in [-0.15, -0.1) is 0 Å². The van der Waals surface area contributed by atoms with Crippen molar-refractivity contribution in [1.82, 2.24) is 0 Å². The number of carboxylic acids is 1. The van der Waals surface area contributed by atoms with E-state index in [4.69, 9.17) is 22.6 Å². The van der Waals surface area contributed by atoms with Gasteiger partial charge in [0.15, 0.2) is 0 Å². The minimum atomic E-state index is -1.01. The summed E-state index contributed by atoms with van der Waals surface area (Å²) in [4.78, 5) is 12.9. The van der Waals surface area contributed by atoms with Gasteiger partial charge in [-0.2, -0.15) is 0 Å². The number of halogens is 1. The maximum absolute atomic E-state index is 10.5. The summed E-state index contributed by atoms with van der Waals surface area (Å²) in [7, 11) is 0. The van der Waals surface area contributed by atoms with Crippen molar-refractivity contribution in [3.63, 3.8) is 0 Å². The van der Waals surface area contributed by atoms with E-state index in [9.17, 15) is 4.79 Å². The Morgan fingerprint density at radius 3 is 2.93 bits per heavy atom. The molecule has 14 heavy (non-hydrogen) atoms. The summed E-state index contributed by atoms with van der Waals surface area (Å²) < 4.78 is 0. The van der Waals surface area contributed by atoms with Crippen LogP contribution in [0.15, 0.2) is 24.3 Å². The van der Waals surface area contributed by atoms with Crippen LogP contribution in [0.3, 0.4) is 0 Å². The Morgan fingerprint density at radius 1 is 1.64 bits per heavy atom. The quantitative estimate of drug-likeness (QED) is 0.659. The highest BCUT2D eigenvalue weighted by molar-refractivity contribution is 6.23. The number of hydrogen-bond acceptors (Lipinski definition) is 3. The Hall–Kier alpha value is -1.26. The molecule has 1 aromatic carbocycles. The van der Waals surface area contributed by atoms with Crippen molar-refractivity contribution in [2.45, 2.75) is 12.5 Å². The fraction of sp³-hybridized carbons (Fsp3) is 0.222. The summed E-state index contributed by atoms with van der Waals surface area (Å²) in [6.45, 7) is 0. The van der Waals surface area contributed by atoms with Crippen LogP contribution in [-0.4, -0.2) is 17.1 Å². The molecule has 0 bridgehead atoms. The number of carboxylic acid groups (broad SMARTS) is 1. The van der Waals surface area contributed by atoms with E-state index in [1.54, 1.807) is 24.3 Å². The van der Waals surface area contributed by atoms with E-state index in [1.165, 1.54) is 0 Å². The molecule has 0 fully saturated rings. The Kier molecular flexibility index (Phi) is 3.73. The monoisotopic (exact) mass is 214 g/mol. The lowest BCUT2D eigenvalue weighted by molar-refractivity contribution is -0.138. The first kappa shape index (κ1) is 10.8. The Bertz CT molecular complexity index is 330. The minimum absolute atomic E-state index is 0.293. The van der Waals surface area contributed by atoms with Crippen LogP contribution < -0.4 is 10.6 Å². The first-order valence-corrected chi connectivity index (χ1v) is 4.45. The lowest BCUT2D eigenvalue weighted by Crippen LogP contribution is -2.32. The second kappa shape index (κ2) is 4.83. The van der Waals surface area contributed by atoms with Crippen LogP contribution in [0.4, 0.5) is 5.69 Å². The summed E-state index contributed by atoms with van der Waals surface area (Å²) >= 11 is 5.40. The molecule has 0 aliphatic heterocycles. The number of nitrogens with two attached hydrogens (primary N) is 1. The summed E-state index contributed by atoms with van der Waals surface area (Å²) in [6.07, 6.45) is 0.293. The van der Waals surface area contributed by atoms with Crippen molar-refractivity contribution in [3.8, 4) is 0 Å². The van der Waals surface area contributed by atoms with E-state index in [0.29, 0.717) is 6.42 Å². The molecule has 1 aromatic rings. The highest BCUT2D eigenvalue weighted by Crippen LogP contribution is 2.12. The molecule has 0 spiro atoms. The van der Waals surface area contributed by atoms with Crippen molar-refractivity contribution >= 4 is 23.4 Å². The van der Waals surface area contributed by atoms with Crippen LogP contribution in [0.2, 0.25) is 0 Å². The van der Waals surface area contributed by atoms with Crippen LogP contribution in [0.25, 0.3) is 0 Å². The second-order valence-electron chi connectivity index (χ2n) is 2.94. The zero-order valence-corrected chi connectivity index (χ0v) is 8.16. The lowest BCUT2D eigenvalue weighted by atomic mass is 10.1. The molecule has 0 saturated carbocycles. The molecule has 1 atom stereocenters. The predicted molar refractivity (Wildman–Crippen MR) is 55.2 cm³/mol. The maximum atomic E-state index is 10.5. The van der Waals surface area contributed by atoms with Crippen molar-refractivity contribution in [2.75, 3.05) is 4.84 Å². The van der Waals surface area contributed by atoms with Gasteiger partial charge in [0.05, 0.1) is 0 Å². The van der Waals surface area contributed by atoms with Crippen LogP contribution >= 0.6 is 11.8 Å². The van der Waals surface area contributed by atoms with Gasteiger partial charge >= 0.3 is 5.97 Å². The highest BCUT2D eigenvalue weighted by Gasteiger charge is 2.11. The Morgan fingerprint density at radius 2 is 2.36 bits per heavy atom. The van der Waals surface area contributed by atoms with Crippen LogP contribution in [0.1, 0.15) is 5.56 Å². The number of benzene rings is 1. The van der Waals surface area contributed by atoms with E-state index in [-0.39, 0.29) is 0 Å². The third-order valence-corrected chi connectivity index (χ3v) is 2.03. The SMILES string of the molecule is NC(Cc1cccc(NCl)c1)C(=O)O. The molecule has 0 aromatic heterocycles. The fourth-order valence-corrected chi connectivity index (χ4v) is 1.22. The largest absolute Gasteiger partial charge is 0.480 e. The molecule has 0 amide bonds. The zero-order valence-electron chi connectivity index (χ0n) is 7.40. The van der Waals surface area contributed by atoms with Gasteiger partial charge in [-0.3, -0.25) is 9.63 Å². The van der Waals surface area contributed by atoms with Gasteiger partial charge in [0.25, 0.3) is 0 Å². The third-order valence-electron chi connectivity index (χ3n) is 1.81. The van der Waals surface area contributed by atoms with E-state index in [0.717, 1.165) is 11.3 Å². The van der Waals surface area contributed by atoms with Gasteiger partial charge in [-0.1, -0.05) is 12.1 Å². The van der Waals surface area contributed by atoms with Gasteiger partial charge < -0.3 is 10.8 Å². The van der Waals surface area contributed by atoms with E-state index in [2.05, 4.69) is 4.84 Å². The molecule has 5 heteroatoms. The molecule has 0 radical (unpaired) electrons. The Labute approximate surface area is 86.8 Å². The zero-order chi connectivity index (χ0) is 10.6. The molecule has 4 N–H and O–H groups in total. The van der Waals surface area contributed by atoms with E-state index >= 15 is 0 Å². The van der Waals surface area contributed by atoms with Gasteiger partial charge in [0.2, 0.25) is 0 Å². The maximum Gasteiger partial charge on any atom is 0.320 e. The summed E-state index contributed by atoms with van der Waals surface area (Å²) in [5.41, 5.74) is 6.95. The van der Waals surface area contributed by atoms with Crippen molar-refractivity contribution < 1.29 is 9.90 Å². The van der Waals surface area contributed by atoms with Crippen LogP contribution in [0.5, 0.6) is 0 Å². The fourth-order valence-electron chi connectivity index (χ4n) is 1.10. The van der Waals surface area contributed by atoms with Crippen LogP contribution in [0, 0.1) is 0 Å². The molecule has 0 aliphatic carbocycles. The van der Waals surface area contributed by atoms with Gasteiger partial charge in [0.1, 0.15) is 6.04 Å². The molecule has 4 nitrogen and oxygen atoms in total. The molecule has 1 unspecified atom stereocenters. The van der Waals surface area contributed by atoms with Gasteiger partial charge in [-0.05, 0) is 24.1 Å². The van der Waals surface area contributed by atoms with E-state index in [1.807, 2.05) is 0 Å². The minimum Gasteiger partial charge on any atom is -0.480 e. The van der Waals surface area contributed by atoms with Crippen molar-refractivity contribution in [1.29, 1.82) is 0 Å².